The van der Waals surface area contributed by atoms with Gasteiger partial charge in [-0.1, -0.05) is 19.8 Å². The third-order valence-electron chi connectivity index (χ3n) is 6.03. The maximum Gasteiger partial charge on any atom is 0.204 e. The molecule has 0 N–H and O–H groups in total. The minimum Gasteiger partial charge on any atom is -0.371 e. The zero-order chi connectivity index (χ0) is 18.2. The highest BCUT2D eigenvalue weighted by atomic mass is 127. The van der Waals surface area contributed by atoms with E-state index < -0.39 is 0 Å². The highest BCUT2D eigenvalue weighted by Gasteiger charge is 2.21. The topological polar surface area (TPSA) is 19.1 Å². The number of hydrogen-bond donors (Lipinski definition) is 0. The normalized spacial score (nSPS) is 16.0. The van der Waals surface area contributed by atoms with E-state index in [-0.39, 0.29) is 24.0 Å². The molecule has 0 unspecified atom stereocenters. The molecule has 3 aliphatic heterocycles. The molecular weight excluding hydrogens is 477 g/mol. The number of rotatable bonds is 5. The Morgan fingerprint density at radius 2 is 1.93 bits per heavy atom. The van der Waals surface area contributed by atoms with Crippen molar-refractivity contribution in [3.8, 4) is 10.6 Å². The minimum absolute atomic E-state index is 0. The zero-order valence-electron chi connectivity index (χ0n) is 16.6. The molecule has 3 heterocycles. The quantitative estimate of drug-likeness (QED) is 0.207. The van der Waals surface area contributed by atoms with E-state index in [0.717, 1.165) is 5.52 Å². The van der Waals surface area contributed by atoms with Gasteiger partial charge in [0.15, 0.2) is 0 Å². The number of anilines is 1. The van der Waals surface area contributed by atoms with Gasteiger partial charge in [0.05, 0.1) is 27.2 Å². The summed E-state index contributed by atoms with van der Waals surface area (Å²) in [7, 11) is 0. The fourth-order valence-corrected chi connectivity index (χ4v) is 5.10. The Bertz CT molecular complexity index is 1020. The number of hydrogen-bond acceptors (Lipinski definition) is 3. The molecule has 0 radical (unpaired) electrons. The molecule has 2 fully saturated rings. The smallest absolute Gasteiger partial charge is 0.204 e. The Morgan fingerprint density at radius 1 is 1.07 bits per heavy atom. The summed E-state index contributed by atoms with van der Waals surface area (Å²) in [6.07, 6.45) is 7.68. The maximum absolute atomic E-state index is 5.03. The lowest BCUT2D eigenvalue weighted by molar-refractivity contribution is 0.430. The van der Waals surface area contributed by atoms with Crippen molar-refractivity contribution in [1.29, 1.82) is 0 Å². The molecule has 5 heteroatoms. The standard InChI is InChI=1S/C23H28N3S.HI/c1-2-3-4-7-17-14-20-23(16-21(17)26-12-6-13-26)27-22-15-18(25-10-5-11-25)8-9-19(22)24-20;/h8-9,14-16H,2-7,10-13H2,1H3;1H/q+1;. The highest BCUT2D eigenvalue weighted by molar-refractivity contribution is 14.0. The van der Waals surface area contributed by atoms with Crippen LogP contribution in [0.25, 0.3) is 20.8 Å². The average molecular weight is 506 g/mol. The van der Waals surface area contributed by atoms with Crippen LogP contribution in [0, 0.1) is 0 Å². The van der Waals surface area contributed by atoms with Crippen LogP contribution in [0.4, 0.5) is 5.69 Å². The summed E-state index contributed by atoms with van der Waals surface area (Å²) in [4.78, 5) is 8.81. The second-order valence-electron chi connectivity index (χ2n) is 7.95. The van der Waals surface area contributed by atoms with E-state index in [0.29, 0.717) is 0 Å². The van der Waals surface area contributed by atoms with Crippen LogP contribution in [0.15, 0.2) is 30.3 Å². The van der Waals surface area contributed by atoms with Crippen LogP contribution in [0.1, 0.15) is 44.6 Å². The summed E-state index contributed by atoms with van der Waals surface area (Å²) < 4.78 is 3.86. The summed E-state index contributed by atoms with van der Waals surface area (Å²) >= 11 is 1.90. The van der Waals surface area contributed by atoms with E-state index in [1.54, 1.807) is 0 Å². The molecule has 148 valence electrons. The Kier molecular flexibility index (Phi) is 6.21. The van der Waals surface area contributed by atoms with Crippen LogP contribution >= 0.6 is 35.3 Å². The van der Waals surface area contributed by atoms with Crippen molar-refractivity contribution in [3.63, 3.8) is 0 Å². The van der Waals surface area contributed by atoms with Crippen LogP contribution in [-0.4, -0.2) is 31.2 Å². The minimum atomic E-state index is 0. The lowest BCUT2D eigenvalue weighted by atomic mass is 10.0. The molecule has 1 aromatic carbocycles. The SMILES string of the molecule is CCCCCc1cc2nc3ccc(N4CCC4)cc3sc-2cc1=[N+]1CCC1.I. The van der Waals surface area contributed by atoms with Gasteiger partial charge in [-0.15, -0.1) is 35.3 Å². The predicted octanol–water partition coefficient (Wildman–Crippen LogP) is 5.14. The van der Waals surface area contributed by atoms with Gasteiger partial charge in [-0.3, -0.25) is 0 Å². The van der Waals surface area contributed by atoms with Crippen molar-refractivity contribution in [2.75, 3.05) is 31.1 Å². The molecule has 1 aromatic rings. The number of halogens is 1. The van der Waals surface area contributed by atoms with Gasteiger partial charge in [0.2, 0.25) is 5.36 Å². The number of aromatic nitrogens is 1. The molecule has 0 bridgehead atoms. The van der Waals surface area contributed by atoms with E-state index in [1.165, 1.54) is 96.6 Å². The molecule has 5 rings (SSSR count). The molecule has 0 amide bonds. The summed E-state index contributed by atoms with van der Waals surface area (Å²) in [5.41, 5.74) is 5.14. The monoisotopic (exact) mass is 506 g/mol. The van der Waals surface area contributed by atoms with E-state index in [2.05, 4.69) is 46.7 Å². The first-order valence-electron chi connectivity index (χ1n) is 10.5. The molecule has 0 spiro atoms. The first-order chi connectivity index (χ1) is 13.3. The van der Waals surface area contributed by atoms with Gasteiger partial charge in [0.25, 0.3) is 0 Å². The van der Waals surface area contributed by atoms with Gasteiger partial charge in [-0.2, -0.15) is 0 Å². The molecule has 28 heavy (non-hydrogen) atoms. The third kappa shape index (κ3) is 3.80. The molecular formula is C23H29IN3S+. The maximum atomic E-state index is 5.03. The van der Waals surface area contributed by atoms with Crippen molar-refractivity contribution >= 4 is 51.2 Å². The van der Waals surface area contributed by atoms with Crippen molar-refractivity contribution < 1.29 is 0 Å². The van der Waals surface area contributed by atoms with Crippen LogP contribution in [0.3, 0.4) is 0 Å². The highest BCUT2D eigenvalue weighted by Crippen LogP contribution is 2.33. The zero-order valence-corrected chi connectivity index (χ0v) is 19.8. The molecule has 0 saturated carbocycles. The second kappa shape index (κ2) is 8.66. The van der Waals surface area contributed by atoms with Crippen molar-refractivity contribution in [1.82, 2.24) is 9.56 Å². The van der Waals surface area contributed by atoms with Gasteiger partial charge in [-0.25, -0.2) is 9.56 Å². The average Bonchev–Trinajstić information content (AvgIpc) is 2.58. The van der Waals surface area contributed by atoms with Gasteiger partial charge in [0, 0.05) is 30.4 Å². The molecule has 2 saturated heterocycles. The Hall–Kier alpha value is -1.21. The summed E-state index contributed by atoms with van der Waals surface area (Å²) in [6.45, 7) is 7.07. The van der Waals surface area contributed by atoms with Crippen molar-refractivity contribution in [2.45, 2.75) is 45.4 Å². The van der Waals surface area contributed by atoms with E-state index >= 15 is 0 Å². The molecule has 4 aliphatic rings. The number of benzene rings is 2. The van der Waals surface area contributed by atoms with Crippen LogP contribution in [-0.2, 0) is 6.42 Å². The molecule has 0 atom stereocenters. The Balaban J connectivity index is 0.00000192. The van der Waals surface area contributed by atoms with E-state index in [1.807, 2.05) is 11.3 Å². The molecule has 3 nitrogen and oxygen atoms in total. The molecule has 1 aliphatic carbocycles. The number of unbranched alkanes of at least 4 members (excludes halogenated alkanes) is 2. The number of aryl methyl sites for hydroxylation is 1. The van der Waals surface area contributed by atoms with Gasteiger partial charge < -0.3 is 4.90 Å². The summed E-state index contributed by atoms with van der Waals surface area (Å²) in [5.74, 6) is 0. The van der Waals surface area contributed by atoms with Crippen LogP contribution in [0.2, 0.25) is 0 Å². The number of nitrogens with zero attached hydrogens (tertiary/aromatic N) is 3. The Labute approximate surface area is 188 Å². The van der Waals surface area contributed by atoms with Gasteiger partial charge >= 0.3 is 0 Å². The first-order valence-corrected chi connectivity index (χ1v) is 11.3. The van der Waals surface area contributed by atoms with Gasteiger partial charge in [0.1, 0.15) is 13.1 Å². The summed E-state index contributed by atoms with van der Waals surface area (Å²) in [5, 5.41) is 1.46. The first kappa shape index (κ1) is 20.1. The fraction of sp³-hybridized carbons (Fsp3) is 0.478. The predicted molar refractivity (Wildman–Crippen MR) is 131 cm³/mol. The van der Waals surface area contributed by atoms with Crippen molar-refractivity contribution in [3.05, 3.63) is 41.3 Å². The lowest BCUT2D eigenvalue weighted by Crippen LogP contribution is -2.42. The van der Waals surface area contributed by atoms with Crippen LogP contribution in [0.5, 0.6) is 0 Å². The Morgan fingerprint density at radius 3 is 2.61 bits per heavy atom. The fourth-order valence-electron chi connectivity index (χ4n) is 4.08. The largest absolute Gasteiger partial charge is 0.371 e. The second-order valence-corrected chi connectivity index (χ2v) is 9.04. The van der Waals surface area contributed by atoms with Crippen LogP contribution < -0.4 is 14.8 Å². The third-order valence-corrected chi connectivity index (χ3v) is 7.13. The number of fused-ring (bicyclic) bond motifs is 2. The molecule has 0 aromatic heterocycles. The van der Waals surface area contributed by atoms with E-state index in [4.69, 9.17) is 4.98 Å². The van der Waals surface area contributed by atoms with Crippen molar-refractivity contribution in [2.24, 2.45) is 0 Å². The lowest BCUT2D eigenvalue weighted by Gasteiger charge is -2.33. The summed E-state index contributed by atoms with van der Waals surface area (Å²) in [6, 6.07) is 11.6. The van der Waals surface area contributed by atoms with Gasteiger partial charge in [-0.05, 0) is 43.5 Å². The van der Waals surface area contributed by atoms with E-state index in [9.17, 15) is 0 Å².